The quantitative estimate of drug-likeness (QED) is 0.854. The van der Waals surface area contributed by atoms with Gasteiger partial charge in [0.15, 0.2) is 17.3 Å². The molecule has 112 valence electrons. The van der Waals surface area contributed by atoms with Crippen LogP contribution >= 0.6 is 0 Å². The Kier molecular flexibility index (Phi) is 3.50. The van der Waals surface area contributed by atoms with E-state index in [1.165, 1.54) is 12.1 Å². The molecule has 1 aliphatic heterocycles. The standard InChI is InChI=1S/C14H8F4N4/c15-8-3-1-4-9(16)13(8)12-7-19-22(21-20-12)14-10(17)5-2-6-11(14)18/h1-7,19H. The van der Waals surface area contributed by atoms with Crippen LogP contribution in [0.5, 0.6) is 0 Å². The number of anilines is 1. The van der Waals surface area contributed by atoms with Crippen molar-refractivity contribution in [3.8, 4) is 0 Å². The lowest BCUT2D eigenvalue weighted by Crippen LogP contribution is -2.32. The normalized spacial score (nSPS) is 13.8. The summed E-state index contributed by atoms with van der Waals surface area (Å²) in [6.07, 6.45) is 1.10. The predicted octanol–water partition coefficient (Wildman–Crippen LogP) is 3.93. The summed E-state index contributed by atoms with van der Waals surface area (Å²) in [6, 6.07) is 6.64. The highest BCUT2D eigenvalue weighted by molar-refractivity contribution is 5.66. The summed E-state index contributed by atoms with van der Waals surface area (Å²) in [5, 5.41) is 7.85. The van der Waals surface area contributed by atoms with Crippen LogP contribution in [0, 0.1) is 23.3 Å². The SMILES string of the molecule is Fc1cccc(F)c1C1=CNN(c2c(F)cccc2F)N=N1. The summed E-state index contributed by atoms with van der Waals surface area (Å²) >= 11 is 0. The molecule has 0 saturated heterocycles. The van der Waals surface area contributed by atoms with Crippen molar-refractivity contribution in [2.75, 3.05) is 5.12 Å². The number of rotatable bonds is 2. The van der Waals surface area contributed by atoms with Crippen LogP contribution in [-0.4, -0.2) is 0 Å². The van der Waals surface area contributed by atoms with Crippen molar-refractivity contribution in [3.05, 3.63) is 71.4 Å². The van der Waals surface area contributed by atoms with Crippen LogP contribution in [0.15, 0.2) is 52.9 Å². The maximum atomic E-state index is 13.6. The summed E-state index contributed by atoms with van der Waals surface area (Å²) in [5.41, 5.74) is 1.42. The number of nitrogens with zero attached hydrogens (tertiary/aromatic N) is 3. The molecule has 0 aliphatic carbocycles. The van der Waals surface area contributed by atoms with Gasteiger partial charge in [0.1, 0.15) is 17.3 Å². The minimum atomic E-state index is -0.861. The molecule has 1 heterocycles. The zero-order chi connectivity index (χ0) is 15.7. The van der Waals surface area contributed by atoms with Crippen LogP contribution in [0.3, 0.4) is 0 Å². The summed E-state index contributed by atoms with van der Waals surface area (Å²) in [7, 11) is 0. The summed E-state index contributed by atoms with van der Waals surface area (Å²) in [6.45, 7) is 0. The first kappa shape index (κ1) is 14.1. The fourth-order valence-corrected chi connectivity index (χ4v) is 1.94. The highest BCUT2D eigenvalue weighted by Gasteiger charge is 2.21. The first-order chi connectivity index (χ1) is 10.6. The zero-order valence-corrected chi connectivity index (χ0v) is 10.9. The van der Waals surface area contributed by atoms with E-state index >= 15 is 0 Å². The zero-order valence-electron chi connectivity index (χ0n) is 10.9. The largest absolute Gasteiger partial charge is 0.281 e. The van der Waals surface area contributed by atoms with Crippen LogP contribution < -0.4 is 10.5 Å². The number of para-hydroxylation sites is 1. The van der Waals surface area contributed by atoms with E-state index in [1.54, 1.807) is 0 Å². The summed E-state index contributed by atoms with van der Waals surface area (Å²) < 4.78 is 54.5. The maximum Gasteiger partial charge on any atom is 0.156 e. The van der Waals surface area contributed by atoms with Crippen LogP contribution in [0.4, 0.5) is 23.2 Å². The van der Waals surface area contributed by atoms with Gasteiger partial charge in [-0.3, -0.25) is 5.43 Å². The topological polar surface area (TPSA) is 40.0 Å². The van der Waals surface area contributed by atoms with Crippen molar-refractivity contribution in [1.29, 1.82) is 0 Å². The molecule has 22 heavy (non-hydrogen) atoms. The predicted molar refractivity (Wildman–Crippen MR) is 71.2 cm³/mol. The Labute approximate surface area is 122 Å². The highest BCUT2D eigenvalue weighted by Crippen LogP contribution is 2.28. The Bertz CT molecular complexity index is 748. The van der Waals surface area contributed by atoms with Gasteiger partial charge >= 0.3 is 0 Å². The number of hydrogen-bond acceptors (Lipinski definition) is 4. The Morgan fingerprint density at radius 3 is 1.86 bits per heavy atom. The van der Waals surface area contributed by atoms with Crippen molar-refractivity contribution < 1.29 is 17.6 Å². The minimum Gasteiger partial charge on any atom is -0.281 e. The Balaban J connectivity index is 1.92. The highest BCUT2D eigenvalue weighted by atomic mass is 19.1. The van der Waals surface area contributed by atoms with E-state index < -0.39 is 29.0 Å². The van der Waals surface area contributed by atoms with Crippen molar-refractivity contribution in [3.63, 3.8) is 0 Å². The molecule has 0 aromatic heterocycles. The molecule has 3 rings (SSSR count). The molecule has 0 spiro atoms. The third kappa shape index (κ3) is 2.39. The third-order valence-electron chi connectivity index (χ3n) is 2.93. The third-order valence-corrected chi connectivity index (χ3v) is 2.93. The second kappa shape index (κ2) is 5.47. The number of benzene rings is 2. The molecule has 8 heteroatoms. The molecule has 0 bridgehead atoms. The molecule has 0 unspecified atom stereocenters. The van der Waals surface area contributed by atoms with Crippen LogP contribution in [0.2, 0.25) is 0 Å². The van der Waals surface area contributed by atoms with Crippen molar-refractivity contribution >= 4 is 11.4 Å². The van der Waals surface area contributed by atoms with Gasteiger partial charge in [-0.25, -0.2) is 17.6 Å². The van der Waals surface area contributed by atoms with Gasteiger partial charge in [0.05, 0.1) is 5.56 Å². The summed E-state index contributed by atoms with van der Waals surface area (Å²) in [4.78, 5) is 0. The van der Waals surface area contributed by atoms with E-state index in [0.717, 1.165) is 35.6 Å². The van der Waals surface area contributed by atoms with E-state index in [2.05, 4.69) is 15.8 Å². The number of halogens is 4. The van der Waals surface area contributed by atoms with Crippen molar-refractivity contribution in [2.45, 2.75) is 0 Å². The van der Waals surface area contributed by atoms with E-state index in [0.29, 0.717) is 0 Å². The molecular weight excluding hydrogens is 300 g/mol. The Morgan fingerprint density at radius 2 is 1.36 bits per heavy atom. The Morgan fingerprint density at radius 1 is 0.818 bits per heavy atom. The minimum absolute atomic E-state index is 0.136. The smallest absolute Gasteiger partial charge is 0.156 e. The van der Waals surface area contributed by atoms with Gasteiger partial charge in [-0.1, -0.05) is 12.1 Å². The number of hydrogen-bond donors (Lipinski definition) is 1. The van der Waals surface area contributed by atoms with Gasteiger partial charge in [0, 0.05) is 6.20 Å². The van der Waals surface area contributed by atoms with E-state index in [9.17, 15) is 17.6 Å². The van der Waals surface area contributed by atoms with Crippen LogP contribution in [-0.2, 0) is 0 Å². The molecule has 4 nitrogen and oxygen atoms in total. The second-order valence-electron chi connectivity index (χ2n) is 4.33. The number of hydrazine groups is 1. The fraction of sp³-hybridized carbons (Fsp3) is 0. The molecule has 0 atom stereocenters. The average molecular weight is 308 g/mol. The molecule has 0 saturated carbocycles. The van der Waals surface area contributed by atoms with Gasteiger partial charge in [-0.2, -0.15) is 0 Å². The lowest BCUT2D eigenvalue weighted by molar-refractivity contribution is 0.555. The van der Waals surface area contributed by atoms with Gasteiger partial charge in [0.2, 0.25) is 0 Å². The molecule has 0 radical (unpaired) electrons. The molecule has 2 aromatic rings. The summed E-state index contributed by atoms with van der Waals surface area (Å²) in [5.74, 6) is -3.37. The fourth-order valence-electron chi connectivity index (χ4n) is 1.94. The first-order valence-electron chi connectivity index (χ1n) is 6.14. The van der Waals surface area contributed by atoms with Crippen molar-refractivity contribution in [2.24, 2.45) is 10.3 Å². The molecule has 1 aliphatic rings. The molecule has 1 N–H and O–H groups in total. The average Bonchev–Trinajstić information content (AvgIpc) is 2.48. The van der Waals surface area contributed by atoms with Crippen molar-refractivity contribution in [1.82, 2.24) is 5.43 Å². The molecular formula is C14H8F4N4. The van der Waals surface area contributed by atoms with Gasteiger partial charge in [-0.05, 0) is 29.5 Å². The van der Waals surface area contributed by atoms with E-state index in [-0.39, 0.29) is 11.3 Å². The lowest BCUT2D eigenvalue weighted by Gasteiger charge is -2.21. The molecule has 0 fully saturated rings. The molecule has 2 aromatic carbocycles. The maximum absolute atomic E-state index is 13.6. The van der Waals surface area contributed by atoms with E-state index in [1.807, 2.05) is 0 Å². The van der Waals surface area contributed by atoms with Gasteiger partial charge in [-0.15, -0.1) is 10.2 Å². The van der Waals surface area contributed by atoms with Crippen LogP contribution in [0.25, 0.3) is 5.70 Å². The second-order valence-corrected chi connectivity index (χ2v) is 4.33. The van der Waals surface area contributed by atoms with Crippen LogP contribution in [0.1, 0.15) is 5.56 Å². The monoisotopic (exact) mass is 308 g/mol. The Hall–Kier alpha value is -2.90. The van der Waals surface area contributed by atoms with E-state index in [4.69, 9.17) is 0 Å². The van der Waals surface area contributed by atoms with Gasteiger partial charge in [0.25, 0.3) is 0 Å². The number of nitrogens with one attached hydrogen (secondary N) is 1. The molecule has 0 amide bonds. The van der Waals surface area contributed by atoms with Gasteiger partial charge < -0.3 is 0 Å². The lowest BCUT2D eigenvalue weighted by atomic mass is 10.1. The first-order valence-corrected chi connectivity index (χ1v) is 6.14.